The monoisotopic (exact) mass is 441 g/mol. The molecule has 0 saturated carbocycles. The Hall–Kier alpha value is -3.03. The van der Waals surface area contributed by atoms with Crippen LogP contribution < -0.4 is 10.9 Å². The second-order valence-corrected chi connectivity index (χ2v) is 7.96. The van der Waals surface area contributed by atoms with Gasteiger partial charge in [0, 0.05) is 36.3 Å². The number of benzene rings is 2. The van der Waals surface area contributed by atoms with Gasteiger partial charge in [-0.3, -0.25) is 9.59 Å². The number of ether oxygens (including phenoxy) is 1. The Balaban J connectivity index is 1.56. The number of amides is 1. The number of nitrogens with one attached hydrogen (secondary N) is 1. The van der Waals surface area contributed by atoms with Crippen molar-refractivity contribution < 1.29 is 13.9 Å². The van der Waals surface area contributed by atoms with Crippen LogP contribution in [0.15, 0.2) is 65.5 Å². The topological polar surface area (TPSA) is 73.2 Å². The predicted octanol–water partition coefficient (Wildman–Crippen LogP) is 3.50. The summed E-state index contributed by atoms with van der Waals surface area (Å²) in [5.74, 6) is -0.814. The Morgan fingerprint density at radius 2 is 1.74 bits per heavy atom. The van der Waals surface area contributed by atoms with Crippen molar-refractivity contribution in [2.24, 2.45) is 0 Å². The first-order valence-electron chi connectivity index (χ1n) is 9.95. The lowest BCUT2D eigenvalue weighted by molar-refractivity contribution is 0.0486. The van der Waals surface area contributed by atoms with Gasteiger partial charge in [0.05, 0.1) is 5.69 Å². The molecule has 0 spiro atoms. The minimum atomic E-state index is -0.422. The SMILES string of the molecule is O=C(NCC1(c2ccc(Cl)cc2)CCOCC1)c1ccc(=O)n(-c2ccc(F)cc2)n1. The lowest BCUT2D eigenvalue weighted by atomic mass is 9.74. The molecule has 0 radical (unpaired) electrons. The molecule has 1 saturated heterocycles. The summed E-state index contributed by atoms with van der Waals surface area (Å²) in [7, 11) is 0. The molecule has 4 rings (SSSR count). The van der Waals surface area contributed by atoms with Gasteiger partial charge in [-0.15, -0.1) is 0 Å². The second kappa shape index (κ2) is 8.99. The quantitative estimate of drug-likeness (QED) is 0.657. The maximum atomic E-state index is 13.2. The maximum Gasteiger partial charge on any atom is 0.271 e. The van der Waals surface area contributed by atoms with E-state index in [0.29, 0.717) is 30.5 Å². The molecular weight excluding hydrogens is 421 g/mol. The van der Waals surface area contributed by atoms with Crippen LogP contribution in [0, 0.1) is 5.82 Å². The average molecular weight is 442 g/mol. The van der Waals surface area contributed by atoms with E-state index >= 15 is 0 Å². The van der Waals surface area contributed by atoms with Gasteiger partial charge >= 0.3 is 0 Å². The van der Waals surface area contributed by atoms with E-state index in [1.54, 1.807) is 0 Å². The number of hydrogen-bond donors (Lipinski definition) is 1. The van der Waals surface area contributed by atoms with E-state index in [9.17, 15) is 14.0 Å². The fourth-order valence-corrected chi connectivity index (χ4v) is 3.90. The highest BCUT2D eigenvalue weighted by molar-refractivity contribution is 6.30. The van der Waals surface area contributed by atoms with E-state index in [4.69, 9.17) is 16.3 Å². The van der Waals surface area contributed by atoms with Gasteiger partial charge in [-0.25, -0.2) is 4.39 Å². The Labute approximate surface area is 183 Å². The Bertz CT molecular complexity index is 1120. The number of carbonyl (C=O) groups is 1. The molecule has 3 aromatic rings. The van der Waals surface area contributed by atoms with Crippen molar-refractivity contribution in [1.82, 2.24) is 15.1 Å². The number of nitrogens with zero attached hydrogens (tertiary/aromatic N) is 2. The fraction of sp³-hybridized carbons (Fsp3) is 0.261. The van der Waals surface area contributed by atoms with Crippen LogP contribution in [0.1, 0.15) is 28.9 Å². The van der Waals surface area contributed by atoms with Crippen molar-refractivity contribution in [2.75, 3.05) is 19.8 Å². The molecule has 160 valence electrons. The van der Waals surface area contributed by atoms with Crippen molar-refractivity contribution in [1.29, 1.82) is 0 Å². The van der Waals surface area contributed by atoms with E-state index in [1.807, 2.05) is 24.3 Å². The van der Waals surface area contributed by atoms with E-state index in [-0.39, 0.29) is 11.1 Å². The van der Waals surface area contributed by atoms with Crippen molar-refractivity contribution in [3.63, 3.8) is 0 Å². The summed E-state index contributed by atoms with van der Waals surface area (Å²) >= 11 is 6.04. The highest BCUT2D eigenvalue weighted by atomic mass is 35.5. The van der Waals surface area contributed by atoms with Crippen molar-refractivity contribution in [3.05, 3.63) is 93.1 Å². The van der Waals surface area contributed by atoms with Crippen molar-refractivity contribution in [3.8, 4) is 5.69 Å². The molecule has 1 aliphatic rings. The minimum Gasteiger partial charge on any atom is -0.381 e. The van der Waals surface area contributed by atoms with Crippen molar-refractivity contribution in [2.45, 2.75) is 18.3 Å². The zero-order valence-corrected chi connectivity index (χ0v) is 17.4. The number of rotatable bonds is 5. The molecule has 1 aliphatic heterocycles. The maximum absolute atomic E-state index is 13.2. The highest BCUT2D eigenvalue weighted by Crippen LogP contribution is 2.35. The molecule has 0 aliphatic carbocycles. The minimum absolute atomic E-state index is 0.0993. The number of aromatic nitrogens is 2. The van der Waals surface area contributed by atoms with Crippen LogP contribution in [0.4, 0.5) is 4.39 Å². The van der Waals surface area contributed by atoms with Crippen LogP contribution >= 0.6 is 11.6 Å². The van der Waals surface area contributed by atoms with Crippen LogP contribution in [-0.2, 0) is 10.2 Å². The van der Waals surface area contributed by atoms with Crippen LogP contribution in [0.5, 0.6) is 0 Å². The zero-order chi connectivity index (χ0) is 21.8. The van der Waals surface area contributed by atoms with Gasteiger partial charge in [-0.1, -0.05) is 23.7 Å². The van der Waals surface area contributed by atoms with Crippen LogP contribution in [0.25, 0.3) is 5.69 Å². The number of hydrogen-bond acceptors (Lipinski definition) is 4. The molecule has 1 amide bonds. The lowest BCUT2D eigenvalue weighted by Gasteiger charge is -2.38. The summed E-state index contributed by atoms with van der Waals surface area (Å²) in [5.41, 5.74) is 0.879. The van der Waals surface area contributed by atoms with E-state index in [2.05, 4.69) is 10.4 Å². The zero-order valence-electron chi connectivity index (χ0n) is 16.7. The van der Waals surface area contributed by atoms with Gasteiger partial charge < -0.3 is 10.1 Å². The molecule has 1 aromatic heterocycles. The Morgan fingerprint density at radius 1 is 1.06 bits per heavy atom. The second-order valence-electron chi connectivity index (χ2n) is 7.53. The lowest BCUT2D eigenvalue weighted by Crippen LogP contribution is -2.45. The molecule has 2 aromatic carbocycles. The van der Waals surface area contributed by atoms with Gasteiger partial charge in [0.15, 0.2) is 0 Å². The number of carbonyl (C=O) groups excluding carboxylic acids is 1. The first-order chi connectivity index (χ1) is 15.0. The fourth-order valence-electron chi connectivity index (χ4n) is 3.77. The molecule has 1 N–H and O–H groups in total. The van der Waals surface area contributed by atoms with Crippen LogP contribution in [0.2, 0.25) is 5.02 Å². The van der Waals surface area contributed by atoms with Gasteiger partial charge in [0.25, 0.3) is 11.5 Å². The summed E-state index contributed by atoms with van der Waals surface area (Å²) in [5, 5.41) is 7.79. The smallest absolute Gasteiger partial charge is 0.271 e. The average Bonchev–Trinajstić information content (AvgIpc) is 2.79. The number of halogens is 2. The Morgan fingerprint density at radius 3 is 2.42 bits per heavy atom. The molecule has 1 fully saturated rings. The molecular formula is C23H21ClFN3O3. The first-order valence-corrected chi connectivity index (χ1v) is 10.3. The Kier molecular flexibility index (Phi) is 6.15. The third-order valence-electron chi connectivity index (χ3n) is 5.60. The first kappa shape index (κ1) is 21.2. The molecule has 0 atom stereocenters. The van der Waals surface area contributed by atoms with Gasteiger partial charge in [-0.05, 0) is 60.9 Å². The van der Waals surface area contributed by atoms with Gasteiger partial charge in [-0.2, -0.15) is 9.78 Å². The molecule has 0 unspecified atom stereocenters. The third-order valence-corrected chi connectivity index (χ3v) is 5.85. The van der Waals surface area contributed by atoms with Gasteiger partial charge in [0.2, 0.25) is 0 Å². The van der Waals surface area contributed by atoms with Crippen molar-refractivity contribution >= 4 is 17.5 Å². The van der Waals surface area contributed by atoms with Crippen LogP contribution in [-0.4, -0.2) is 35.4 Å². The summed E-state index contributed by atoms with van der Waals surface area (Å²) in [6.45, 7) is 1.60. The van der Waals surface area contributed by atoms with Gasteiger partial charge in [0.1, 0.15) is 11.5 Å². The molecule has 31 heavy (non-hydrogen) atoms. The van der Waals surface area contributed by atoms with E-state index in [1.165, 1.54) is 36.4 Å². The largest absolute Gasteiger partial charge is 0.381 e. The summed E-state index contributed by atoms with van der Waals surface area (Å²) in [6.07, 6.45) is 1.52. The third kappa shape index (κ3) is 4.68. The van der Waals surface area contributed by atoms with E-state index in [0.717, 1.165) is 23.1 Å². The molecule has 8 heteroatoms. The standard InChI is InChI=1S/C23H21ClFN3O3/c24-17-3-1-16(2-4-17)23(11-13-31-14-12-23)15-26-22(30)20-9-10-21(29)28(27-20)19-7-5-18(25)6-8-19/h1-10H,11-15H2,(H,26,30). The molecule has 6 nitrogen and oxygen atoms in total. The van der Waals surface area contributed by atoms with Crippen LogP contribution in [0.3, 0.4) is 0 Å². The molecule has 0 bridgehead atoms. The summed E-state index contributed by atoms with van der Waals surface area (Å²) < 4.78 is 19.8. The highest BCUT2D eigenvalue weighted by Gasteiger charge is 2.35. The van der Waals surface area contributed by atoms with E-state index < -0.39 is 17.3 Å². The summed E-state index contributed by atoms with van der Waals surface area (Å²) in [4.78, 5) is 25.1. The summed E-state index contributed by atoms with van der Waals surface area (Å²) in [6, 6.07) is 15.6. The normalized spacial score (nSPS) is 15.4. The predicted molar refractivity (Wildman–Crippen MR) is 115 cm³/mol. The molecule has 2 heterocycles.